The molecule has 52 heavy (non-hydrogen) atoms. The van der Waals surface area contributed by atoms with Crippen LogP contribution < -0.4 is 15.5 Å². The number of amides is 2. The highest BCUT2D eigenvalue weighted by molar-refractivity contribution is 6.74. The fraction of sp³-hybridized carbons (Fsp3) is 0.692. The van der Waals surface area contributed by atoms with Crippen LogP contribution in [0.25, 0.3) is 0 Å². The minimum Gasteiger partial charge on any atom is -0.416 e. The molecule has 2 fully saturated rings. The number of hydrogen-bond donors (Lipinski definition) is 2. The van der Waals surface area contributed by atoms with E-state index in [1.54, 1.807) is 31.4 Å². The van der Waals surface area contributed by atoms with Crippen LogP contribution >= 0.6 is 0 Å². The van der Waals surface area contributed by atoms with E-state index in [1.165, 1.54) is 19.3 Å². The monoisotopic (exact) mass is 750 g/mol. The first kappa shape index (κ1) is 40.3. The molecule has 2 aromatic heterocycles. The van der Waals surface area contributed by atoms with E-state index in [4.69, 9.17) is 23.3 Å². The van der Waals surface area contributed by atoms with Gasteiger partial charge in [0.2, 0.25) is 6.29 Å². The largest absolute Gasteiger partial charge is 0.416 e. The number of ether oxygens (including phenoxy) is 2. The Morgan fingerprint density at radius 1 is 1.08 bits per heavy atom. The van der Waals surface area contributed by atoms with E-state index in [1.807, 2.05) is 0 Å². The first-order valence-electron chi connectivity index (χ1n) is 19.3. The van der Waals surface area contributed by atoms with Gasteiger partial charge in [0.15, 0.2) is 16.6 Å². The maximum Gasteiger partial charge on any atom is 0.328 e. The summed E-state index contributed by atoms with van der Waals surface area (Å²) in [5.74, 6) is 2.55. The van der Waals surface area contributed by atoms with Gasteiger partial charge in [0.05, 0.1) is 17.9 Å². The minimum atomic E-state index is -2.05. The number of aryl methyl sites for hydroxylation is 1. The van der Waals surface area contributed by atoms with Crippen molar-refractivity contribution in [3.8, 4) is 6.07 Å². The number of fused-ring (bicyclic) bond motifs is 3. The van der Waals surface area contributed by atoms with Crippen LogP contribution in [0, 0.1) is 29.1 Å². The summed E-state index contributed by atoms with van der Waals surface area (Å²) < 4.78 is 24.8. The Labute approximate surface area is 313 Å². The highest BCUT2D eigenvalue weighted by Gasteiger charge is 2.48. The lowest BCUT2D eigenvalue weighted by Crippen LogP contribution is -2.43. The van der Waals surface area contributed by atoms with Crippen molar-refractivity contribution < 1.29 is 23.1 Å². The van der Waals surface area contributed by atoms with Gasteiger partial charge in [-0.3, -0.25) is 10.2 Å². The van der Waals surface area contributed by atoms with E-state index in [2.05, 4.69) is 82.4 Å². The fourth-order valence-electron chi connectivity index (χ4n) is 8.16. The fourth-order valence-corrected chi connectivity index (χ4v) is 11.8. The van der Waals surface area contributed by atoms with Crippen LogP contribution in [0.4, 0.5) is 22.1 Å². The van der Waals surface area contributed by atoms with Gasteiger partial charge in [-0.1, -0.05) is 41.5 Å². The Balaban J connectivity index is 1.37. The molecular weight excluding hydrogens is 689 g/mol. The first-order chi connectivity index (χ1) is 24.7. The molecule has 4 unspecified atom stereocenters. The lowest BCUT2D eigenvalue weighted by Gasteiger charge is -2.37. The lowest BCUT2D eigenvalue weighted by molar-refractivity contribution is -0.109. The summed E-state index contributed by atoms with van der Waals surface area (Å²) in [6, 6.07) is 9.51. The summed E-state index contributed by atoms with van der Waals surface area (Å²) in [5.41, 5.74) is 3.65. The van der Waals surface area contributed by atoms with Crippen LogP contribution in [-0.2, 0) is 31.4 Å². The van der Waals surface area contributed by atoms with Crippen LogP contribution in [0.2, 0.25) is 36.3 Å². The smallest absolute Gasteiger partial charge is 0.328 e. The average Bonchev–Trinajstić information content (AvgIpc) is 3.74. The standard InChI is InChI=1S/C39H62N6O5Si2/c1-11-52(12-2,13-3)50-25-31-26-16-17-27(19-26)34(31)42-32-21-33(41-23-30(32)22-40)43-38(46)45-18-14-15-28-20-29(24-49-51(9,10)39(4,5)6)35(44-36(28)45)37(47-7)48-8/h20-21,23,26-27,31,34,37H,11-19,24-25H2,1-10H3,(H2,41,42,43,46). The molecule has 0 spiro atoms. The Kier molecular flexibility index (Phi) is 12.9. The van der Waals surface area contributed by atoms with Crippen LogP contribution in [-0.4, -0.2) is 66.0 Å². The van der Waals surface area contributed by atoms with Crippen LogP contribution in [0.5, 0.6) is 0 Å². The van der Waals surface area contributed by atoms with E-state index in [-0.39, 0.29) is 17.1 Å². The van der Waals surface area contributed by atoms with Gasteiger partial charge in [-0.25, -0.2) is 14.8 Å². The number of aromatic nitrogens is 2. The molecule has 286 valence electrons. The zero-order valence-electron chi connectivity index (χ0n) is 33.2. The molecule has 13 heteroatoms. The van der Waals surface area contributed by atoms with Crippen molar-refractivity contribution in [1.82, 2.24) is 9.97 Å². The van der Waals surface area contributed by atoms with E-state index < -0.39 is 22.9 Å². The topological polar surface area (TPSA) is 131 Å². The average molecular weight is 751 g/mol. The second kappa shape index (κ2) is 16.7. The van der Waals surface area contributed by atoms with Crippen molar-refractivity contribution >= 4 is 40.0 Å². The second-order valence-corrected chi connectivity index (χ2v) is 26.1. The number of urea groups is 1. The van der Waals surface area contributed by atoms with Gasteiger partial charge < -0.3 is 23.6 Å². The predicted molar refractivity (Wildman–Crippen MR) is 212 cm³/mol. The highest BCUT2D eigenvalue weighted by Crippen LogP contribution is 2.50. The molecule has 2 aromatic rings. The molecule has 1 aliphatic heterocycles. The van der Waals surface area contributed by atoms with Crippen molar-refractivity contribution in [2.75, 3.05) is 42.9 Å². The Morgan fingerprint density at radius 2 is 1.77 bits per heavy atom. The third-order valence-electron chi connectivity index (χ3n) is 12.8. The molecule has 0 radical (unpaired) electrons. The predicted octanol–water partition coefficient (Wildman–Crippen LogP) is 8.99. The molecule has 3 aliphatic rings. The number of rotatable bonds is 15. The number of pyridine rings is 2. The van der Waals surface area contributed by atoms with Crippen molar-refractivity contribution in [1.29, 1.82) is 5.26 Å². The molecule has 2 amide bonds. The number of nitriles is 1. The summed E-state index contributed by atoms with van der Waals surface area (Å²) in [5, 5.41) is 16.9. The van der Waals surface area contributed by atoms with Crippen molar-refractivity contribution in [2.45, 2.75) is 129 Å². The summed E-state index contributed by atoms with van der Waals surface area (Å²) in [4.78, 5) is 25.2. The number of nitrogens with one attached hydrogen (secondary N) is 2. The van der Waals surface area contributed by atoms with Crippen LogP contribution in [0.3, 0.4) is 0 Å². The van der Waals surface area contributed by atoms with Crippen molar-refractivity contribution in [3.05, 3.63) is 40.7 Å². The van der Waals surface area contributed by atoms with Gasteiger partial charge in [0, 0.05) is 57.2 Å². The van der Waals surface area contributed by atoms with Crippen molar-refractivity contribution in [3.63, 3.8) is 0 Å². The number of methoxy groups -OCH3 is 2. The van der Waals surface area contributed by atoms with Gasteiger partial charge in [-0.05, 0) is 91.8 Å². The summed E-state index contributed by atoms with van der Waals surface area (Å²) in [6.45, 7) is 19.6. The summed E-state index contributed by atoms with van der Waals surface area (Å²) >= 11 is 0. The molecule has 3 heterocycles. The van der Waals surface area contributed by atoms with E-state index in [0.717, 1.165) is 48.7 Å². The number of hydrogen-bond acceptors (Lipinski definition) is 9. The molecule has 0 saturated heterocycles. The molecule has 0 aromatic carbocycles. The summed E-state index contributed by atoms with van der Waals surface area (Å²) in [7, 11) is -0.597. The molecule has 2 saturated carbocycles. The first-order valence-corrected chi connectivity index (χ1v) is 24.8. The SMILES string of the molecule is CC[Si](CC)(CC)OCC1C2CCC(C2)C1Nc1cc(NC(=O)N2CCCc3cc(CO[Si](C)(C)C(C)(C)C)c(C(OC)OC)nc32)ncc1C#N. The molecule has 5 rings (SSSR count). The summed E-state index contributed by atoms with van der Waals surface area (Å²) in [6.07, 6.45) is 6.05. The van der Waals surface area contributed by atoms with E-state index >= 15 is 0 Å². The van der Waals surface area contributed by atoms with Crippen LogP contribution in [0.1, 0.15) is 95.9 Å². The van der Waals surface area contributed by atoms with Gasteiger partial charge in [0.1, 0.15) is 23.4 Å². The molecule has 2 bridgehead atoms. The number of nitrogens with zero attached hydrogens (tertiary/aromatic N) is 4. The maximum absolute atomic E-state index is 14.0. The van der Waals surface area contributed by atoms with Gasteiger partial charge >= 0.3 is 6.03 Å². The van der Waals surface area contributed by atoms with E-state index in [9.17, 15) is 10.1 Å². The molecule has 4 atom stereocenters. The third kappa shape index (κ3) is 8.42. The van der Waals surface area contributed by atoms with Gasteiger partial charge in [0.25, 0.3) is 0 Å². The quantitative estimate of drug-likeness (QED) is 0.135. The molecule has 2 N–H and O–H groups in total. The number of carbonyl (C=O) groups excluding carboxylic acids is 1. The molecule has 11 nitrogen and oxygen atoms in total. The second-order valence-electron chi connectivity index (χ2n) is 16.5. The zero-order valence-corrected chi connectivity index (χ0v) is 35.2. The van der Waals surface area contributed by atoms with Gasteiger partial charge in [-0.15, -0.1) is 0 Å². The lowest BCUT2D eigenvalue weighted by atomic mass is 9.85. The maximum atomic E-state index is 14.0. The normalized spacial score (nSPS) is 21.7. The van der Waals surface area contributed by atoms with Crippen LogP contribution in [0.15, 0.2) is 18.3 Å². The Hall–Kier alpha value is -2.87. The highest BCUT2D eigenvalue weighted by atomic mass is 28.4. The van der Waals surface area contributed by atoms with Crippen molar-refractivity contribution in [2.24, 2.45) is 17.8 Å². The Bertz CT molecular complexity index is 1590. The number of anilines is 3. The van der Waals surface area contributed by atoms with Gasteiger partial charge in [-0.2, -0.15) is 5.26 Å². The zero-order chi connectivity index (χ0) is 37.8. The third-order valence-corrected chi connectivity index (χ3v) is 21.9. The number of carbonyl (C=O) groups is 1. The van der Waals surface area contributed by atoms with E-state index in [0.29, 0.717) is 59.5 Å². The minimum absolute atomic E-state index is 0.0553. The molecular formula is C39H62N6O5Si2. The Morgan fingerprint density at radius 3 is 2.40 bits per heavy atom. The molecule has 2 aliphatic carbocycles.